The largest absolute Gasteiger partial charge is 0.496 e. The number of para-hydroxylation sites is 1. The van der Waals surface area contributed by atoms with Gasteiger partial charge in [0, 0.05) is 18.5 Å². The summed E-state index contributed by atoms with van der Waals surface area (Å²) in [5.74, 6) is 0.762. The first-order valence-corrected chi connectivity index (χ1v) is 9.50. The monoisotopic (exact) mass is 378 g/mol. The van der Waals surface area contributed by atoms with Gasteiger partial charge >= 0.3 is 0 Å². The molecule has 0 saturated heterocycles. The molecule has 1 heterocycles. The van der Waals surface area contributed by atoms with E-state index in [0.717, 1.165) is 33.3 Å². The number of fused-ring (bicyclic) bond motifs is 1. The molecule has 3 aromatic rings. The van der Waals surface area contributed by atoms with Gasteiger partial charge in [-0.25, -0.2) is 0 Å². The van der Waals surface area contributed by atoms with Crippen LogP contribution in [0.4, 0.5) is 0 Å². The normalized spacial score (nSPS) is 10.8. The highest BCUT2D eigenvalue weighted by molar-refractivity contribution is 5.83. The SMILES string of the molecule is COc1ccccc1CCC(=O)NCCc1cc2ccc(C)c(C)c2[nH]c1=O. The number of hydrogen-bond donors (Lipinski definition) is 2. The molecule has 0 bridgehead atoms. The quantitative estimate of drug-likeness (QED) is 0.662. The van der Waals surface area contributed by atoms with Crippen molar-refractivity contribution in [2.75, 3.05) is 13.7 Å². The second-order valence-corrected chi connectivity index (χ2v) is 7.01. The van der Waals surface area contributed by atoms with Gasteiger partial charge in [0.15, 0.2) is 0 Å². The predicted molar refractivity (Wildman–Crippen MR) is 112 cm³/mol. The summed E-state index contributed by atoms with van der Waals surface area (Å²) in [6, 6.07) is 13.7. The van der Waals surface area contributed by atoms with Crippen molar-refractivity contribution in [1.82, 2.24) is 10.3 Å². The molecule has 0 aliphatic rings. The number of carbonyl (C=O) groups is 1. The number of aromatic nitrogens is 1. The van der Waals surface area contributed by atoms with Gasteiger partial charge in [0.05, 0.1) is 12.6 Å². The number of pyridine rings is 1. The van der Waals surface area contributed by atoms with Crippen LogP contribution in [0, 0.1) is 13.8 Å². The molecule has 0 fully saturated rings. The van der Waals surface area contributed by atoms with E-state index in [2.05, 4.69) is 16.4 Å². The minimum Gasteiger partial charge on any atom is -0.496 e. The molecule has 0 atom stereocenters. The van der Waals surface area contributed by atoms with Crippen LogP contribution in [0.1, 0.15) is 28.7 Å². The van der Waals surface area contributed by atoms with Crippen LogP contribution in [0.25, 0.3) is 10.9 Å². The second-order valence-electron chi connectivity index (χ2n) is 7.01. The molecule has 0 aliphatic carbocycles. The molecule has 5 heteroatoms. The molecule has 2 aromatic carbocycles. The molecular formula is C23H26N2O3. The number of H-pyrrole nitrogens is 1. The van der Waals surface area contributed by atoms with Crippen molar-refractivity contribution in [2.24, 2.45) is 0 Å². The Morgan fingerprint density at radius 1 is 1.07 bits per heavy atom. The van der Waals surface area contributed by atoms with Gasteiger partial charge in [-0.05, 0) is 60.9 Å². The standard InChI is InChI=1S/C23H26N2O3/c1-15-8-9-18-14-19(23(27)25-22(18)16(15)2)12-13-24-21(26)11-10-17-6-4-5-7-20(17)28-3/h4-9,14H,10-13H2,1-3H3,(H,24,26)(H,25,27). The average Bonchev–Trinajstić information content (AvgIpc) is 2.70. The minimum atomic E-state index is -0.0931. The molecule has 0 radical (unpaired) electrons. The van der Waals surface area contributed by atoms with Crippen LogP contribution in [0.5, 0.6) is 5.75 Å². The van der Waals surface area contributed by atoms with Crippen LogP contribution in [-0.4, -0.2) is 24.5 Å². The number of rotatable bonds is 7. The summed E-state index contributed by atoms with van der Waals surface area (Å²) in [4.78, 5) is 27.5. The molecule has 146 valence electrons. The predicted octanol–water partition coefficient (Wildman–Crippen LogP) is 3.45. The van der Waals surface area contributed by atoms with Gasteiger partial charge in [0.1, 0.15) is 5.75 Å². The molecule has 2 N–H and O–H groups in total. The highest BCUT2D eigenvalue weighted by Crippen LogP contribution is 2.19. The number of hydrogen-bond acceptors (Lipinski definition) is 3. The number of nitrogens with one attached hydrogen (secondary N) is 2. The van der Waals surface area contributed by atoms with Crippen molar-refractivity contribution in [2.45, 2.75) is 33.1 Å². The highest BCUT2D eigenvalue weighted by Gasteiger charge is 2.09. The molecule has 3 rings (SSSR count). The van der Waals surface area contributed by atoms with Crippen molar-refractivity contribution in [3.05, 3.63) is 75.1 Å². The first-order chi connectivity index (χ1) is 13.5. The minimum absolute atomic E-state index is 0.0328. The Kier molecular flexibility index (Phi) is 6.14. The van der Waals surface area contributed by atoms with Gasteiger partial charge in [-0.3, -0.25) is 9.59 Å². The van der Waals surface area contributed by atoms with Crippen molar-refractivity contribution in [3.63, 3.8) is 0 Å². The van der Waals surface area contributed by atoms with E-state index in [1.165, 1.54) is 0 Å². The summed E-state index contributed by atoms with van der Waals surface area (Å²) in [5.41, 5.74) is 4.72. The number of methoxy groups -OCH3 is 1. The lowest BCUT2D eigenvalue weighted by atomic mass is 10.0. The Labute approximate surface area is 164 Å². The van der Waals surface area contributed by atoms with Crippen LogP contribution in [0.3, 0.4) is 0 Å². The Balaban J connectivity index is 1.57. The van der Waals surface area contributed by atoms with E-state index in [4.69, 9.17) is 4.74 Å². The molecule has 1 aromatic heterocycles. The van der Waals surface area contributed by atoms with Crippen LogP contribution < -0.4 is 15.6 Å². The number of amides is 1. The molecule has 1 amide bonds. The first kappa shape index (κ1) is 19.7. The average molecular weight is 378 g/mol. The summed E-state index contributed by atoms with van der Waals surface area (Å²) < 4.78 is 5.31. The number of carbonyl (C=O) groups excluding carboxylic acids is 1. The number of aryl methyl sites for hydroxylation is 3. The lowest BCUT2D eigenvalue weighted by Gasteiger charge is -2.10. The van der Waals surface area contributed by atoms with E-state index in [-0.39, 0.29) is 11.5 Å². The van der Waals surface area contributed by atoms with Crippen molar-refractivity contribution in [3.8, 4) is 5.75 Å². The fraction of sp³-hybridized carbons (Fsp3) is 0.304. The second kappa shape index (κ2) is 8.74. The number of aromatic amines is 1. The van der Waals surface area contributed by atoms with Gasteiger partial charge in [-0.15, -0.1) is 0 Å². The molecule has 5 nitrogen and oxygen atoms in total. The maximum atomic E-state index is 12.4. The zero-order valence-electron chi connectivity index (χ0n) is 16.6. The van der Waals surface area contributed by atoms with Crippen LogP contribution >= 0.6 is 0 Å². The fourth-order valence-corrected chi connectivity index (χ4v) is 3.34. The van der Waals surface area contributed by atoms with Crippen LogP contribution in [0.15, 0.2) is 47.3 Å². The Bertz CT molecular complexity index is 1050. The topological polar surface area (TPSA) is 71.2 Å². The smallest absolute Gasteiger partial charge is 0.251 e. The maximum absolute atomic E-state index is 12.4. The van der Waals surface area contributed by atoms with E-state index < -0.39 is 0 Å². The summed E-state index contributed by atoms with van der Waals surface area (Å²) in [5, 5.41) is 3.92. The highest BCUT2D eigenvalue weighted by atomic mass is 16.5. The van der Waals surface area contributed by atoms with Gasteiger partial charge < -0.3 is 15.0 Å². The van der Waals surface area contributed by atoms with Crippen molar-refractivity contribution in [1.29, 1.82) is 0 Å². The third-order valence-corrected chi connectivity index (χ3v) is 5.16. The van der Waals surface area contributed by atoms with Gasteiger partial charge in [-0.2, -0.15) is 0 Å². The van der Waals surface area contributed by atoms with Crippen LogP contribution in [-0.2, 0) is 17.6 Å². The van der Waals surface area contributed by atoms with Gasteiger partial charge in [0.25, 0.3) is 5.56 Å². The third-order valence-electron chi connectivity index (χ3n) is 5.16. The molecule has 28 heavy (non-hydrogen) atoms. The van der Waals surface area contributed by atoms with E-state index in [9.17, 15) is 9.59 Å². The number of ether oxygens (including phenoxy) is 1. The Morgan fingerprint density at radius 2 is 1.86 bits per heavy atom. The van der Waals surface area contributed by atoms with Crippen molar-refractivity contribution < 1.29 is 9.53 Å². The summed E-state index contributed by atoms with van der Waals surface area (Å²) in [6.45, 7) is 4.47. The lowest BCUT2D eigenvalue weighted by molar-refractivity contribution is -0.121. The fourth-order valence-electron chi connectivity index (χ4n) is 3.34. The molecular weight excluding hydrogens is 352 g/mol. The zero-order chi connectivity index (χ0) is 20.1. The Hall–Kier alpha value is -3.08. The molecule has 0 unspecified atom stereocenters. The summed E-state index contributed by atoms with van der Waals surface area (Å²) >= 11 is 0. The van der Waals surface area contributed by atoms with E-state index >= 15 is 0 Å². The Morgan fingerprint density at radius 3 is 2.64 bits per heavy atom. The zero-order valence-corrected chi connectivity index (χ0v) is 16.6. The molecule has 0 saturated carbocycles. The third kappa shape index (κ3) is 4.42. The molecule has 0 aliphatic heterocycles. The van der Waals surface area contributed by atoms with E-state index in [1.54, 1.807) is 7.11 Å². The van der Waals surface area contributed by atoms with E-state index in [0.29, 0.717) is 31.4 Å². The number of benzene rings is 2. The van der Waals surface area contributed by atoms with Gasteiger partial charge in [0.2, 0.25) is 5.91 Å². The maximum Gasteiger partial charge on any atom is 0.251 e. The summed E-state index contributed by atoms with van der Waals surface area (Å²) in [7, 11) is 1.63. The van der Waals surface area contributed by atoms with Gasteiger partial charge in [-0.1, -0.05) is 30.3 Å². The summed E-state index contributed by atoms with van der Waals surface area (Å²) in [6.07, 6.45) is 1.50. The molecule has 0 spiro atoms. The van der Waals surface area contributed by atoms with Crippen molar-refractivity contribution >= 4 is 16.8 Å². The first-order valence-electron chi connectivity index (χ1n) is 9.50. The lowest BCUT2D eigenvalue weighted by Crippen LogP contribution is -2.27. The van der Waals surface area contributed by atoms with Crippen LogP contribution in [0.2, 0.25) is 0 Å². The van der Waals surface area contributed by atoms with E-state index in [1.807, 2.05) is 50.2 Å².